The summed E-state index contributed by atoms with van der Waals surface area (Å²) in [6.45, 7) is 13.1. The van der Waals surface area contributed by atoms with Crippen LogP contribution in [0.2, 0.25) is 0 Å². The zero-order valence-electron chi connectivity index (χ0n) is 15.4. The first-order chi connectivity index (χ1) is 11.1. The van der Waals surface area contributed by atoms with E-state index in [4.69, 9.17) is 4.74 Å². The second kappa shape index (κ2) is 6.68. The Labute approximate surface area is 145 Å². The maximum Gasteiger partial charge on any atom is 0.417 e. The molecule has 1 N–H and O–H groups in total. The predicted molar refractivity (Wildman–Crippen MR) is 99.7 cm³/mol. The molecule has 0 aliphatic carbocycles. The van der Waals surface area contributed by atoms with Crippen LogP contribution in [-0.4, -0.2) is 6.09 Å². The molecular formula is C21H27NO2. The summed E-state index contributed by atoms with van der Waals surface area (Å²) in [7, 11) is 0. The highest BCUT2D eigenvalue weighted by Gasteiger charge is 2.34. The number of hydrogen-bond donors (Lipinski definition) is 1. The Morgan fingerprint density at radius 2 is 1.58 bits per heavy atom. The minimum atomic E-state index is -0.483. The molecular weight excluding hydrogens is 298 g/mol. The fraction of sp³-hybridized carbons (Fsp3) is 0.381. The SMILES string of the molecule is Cc1cccc(NC(=O)Oc2ccc(C(C)(C)C(C)(C)C)cc2)c1. The van der Waals surface area contributed by atoms with Gasteiger partial charge in [0, 0.05) is 5.69 Å². The van der Waals surface area contributed by atoms with Crippen LogP contribution in [0.4, 0.5) is 10.5 Å². The lowest BCUT2D eigenvalue weighted by molar-refractivity contribution is 0.214. The molecule has 3 heteroatoms. The minimum absolute atomic E-state index is 0.0232. The molecule has 0 bridgehead atoms. The number of hydrogen-bond acceptors (Lipinski definition) is 2. The van der Waals surface area contributed by atoms with Gasteiger partial charge in [0.05, 0.1) is 0 Å². The van der Waals surface area contributed by atoms with E-state index in [9.17, 15) is 4.79 Å². The van der Waals surface area contributed by atoms with Crippen molar-refractivity contribution in [2.45, 2.75) is 47.0 Å². The number of benzene rings is 2. The molecule has 0 spiro atoms. The van der Waals surface area contributed by atoms with Crippen LogP contribution in [0.3, 0.4) is 0 Å². The van der Waals surface area contributed by atoms with Crippen molar-refractivity contribution in [1.29, 1.82) is 0 Å². The lowest BCUT2D eigenvalue weighted by atomic mass is 9.65. The summed E-state index contributed by atoms with van der Waals surface area (Å²) in [5.41, 5.74) is 3.20. The Balaban J connectivity index is 2.05. The van der Waals surface area contributed by atoms with Crippen LogP contribution in [0.15, 0.2) is 48.5 Å². The maximum absolute atomic E-state index is 12.0. The van der Waals surface area contributed by atoms with Crippen LogP contribution in [0.5, 0.6) is 5.75 Å². The summed E-state index contributed by atoms with van der Waals surface area (Å²) in [6, 6.07) is 15.4. The lowest BCUT2D eigenvalue weighted by Crippen LogP contribution is -2.33. The van der Waals surface area contributed by atoms with Gasteiger partial charge in [-0.1, -0.05) is 58.9 Å². The van der Waals surface area contributed by atoms with Gasteiger partial charge in [-0.25, -0.2) is 4.79 Å². The number of aryl methyl sites for hydroxylation is 1. The predicted octanol–water partition coefficient (Wildman–Crippen LogP) is 5.93. The number of nitrogens with one attached hydrogen (secondary N) is 1. The first-order valence-corrected chi connectivity index (χ1v) is 8.26. The van der Waals surface area contributed by atoms with Gasteiger partial charge in [-0.05, 0) is 53.1 Å². The van der Waals surface area contributed by atoms with E-state index in [1.807, 2.05) is 55.5 Å². The van der Waals surface area contributed by atoms with Crippen LogP contribution in [0.25, 0.3) is 0 Å². The molecule has 1 amide bonds. The average molecular weight is 325 g/mol. The van der Waals surface area contributed by atoms with Crippen molar-refractivity contribution in [3.8, 4) is 5.75 Å². The van der Waals surface area contributed by atoms with Crippen LogP contribution in [-0.2, 0) is 5.41 Å². The second-order valence-corrected chi connectivity index (χ2v) is 7.78. The van der Waals surface area contributed by atoms with Crippen LogP contribution >= 0.6 is 0 Å². The average Bonchev–Trinajstić information content (AvgIpc) is 2.46. The lowest BCUT2D eigenvalue weighted by Gasteiger charge is -2.39. The van der Waals surface area contributed by atoms with E-state index < -0.39 is 6.09 Å². The third-order valence-electron chi connectivity index (χ3n) is 4.93. The largest absolute Gasteiger partial charge is 0.417 e. The Morgan fingerprint density at radius 1 is 0.958 bits per heavy atom. The van der Waals surface area contributed by atoms with Crippen molar-refractivity contribution in [3.63, 3.8) is 0 Å². The Bertz CT molecular complexity index is 709. The molecule has 0 radical (unpaired) electrons. The summed E-state index contributed by atoms with van der Waals surface area (Å²) >= 11 is 0. The highest BCUT2D eigenvalue weighted by atomic mass is 16.6. The maximum atomic E-state index is 12.0. The smallest absolute Gasteiger partial charge is 0.410 e. The van der Waals surface area contributed by atoms with Gasteiger partial charge in [-0.2, -0.15) is 0 Å². The first-order valence-electron chi connectivity index (χ1n) is 8.26. The highest BCUT2D eigenvalue weighted by molar-refractivity contribution is 5.86. The van der Waals surface area contributed by atoms with Gasteiger partial charge in [0.1, 0.15) is 5.75 Å². The number of anilines is 1. The molecule has 0 saturated carbocycles. The summed E-state index contributed by atoms with van der Waals surface area (Å²) in [4.78, 5) is 12.0. The highest BCUT2D eigenvalue weighted by Crippen LogP contribution is 2.41. The van der Waals surface area contributed by atoms with Crippen LogP contribution < -0.4 is 10.1 Å². The summed E-state index contributed by atoms with van der Waals surface area (Å²) in [6.07, 6.45) is -0.483. The number of rotatable bonds is 3. The van der Waals surface area contributed by atoms with Gasteiger partial charge in [0.25, 0.3) is 0 Å². The molecule has 24 heavy (non-hydrogen) atoms. The van der Waals surface area contributed by atoms with Crippen molar-refractivity contribution in [2.24, 2.45) is 5.41 Å². The molecule has 2 aromatic carbocycles. The summed E-state index contributed by atoms with van der Waals surface area (Å²) in [5, 5.41) is 2.74. The third-order valence-corrected chi connectivity index (χ3v) is 4.93. The Morgan fingerprint density at radius 3 is 2.12 bits per heavy atom. The molecule has 128 valence electrons. The fourth-order valence-electron chi connectivity index (χ4n) is 2.35. The molecule has 0 unspecified atom stereocenters. The number of carbonyl (C=O) groups is 1. The van der Waals surface area contributed by atoms with Crippen molar-refractivity contribution in [1.82, 2.24) is 0 Å². The van der Waals surface area contributed by atoms with Gasteiger partial charge in [0.15, 0.2) is 0 Å². The van der Waals surface area contributed by atoms with E-state index >= 15 is 0 Å². The summed E-state index contributed by atoms with van der Waals surface area (Å²) < 4.78 is 5.36. The molecule has 0 fully saturated rings. The molecule has 0 saturated heterocycles. The molecule has 2 rings (SSSR count). The fourth-order valence-corrected chi connectivity index (χ4v) is 2.35. The van der Waals surface area contributed by atoms with Gasteiger partial charge in [-0.15, -0.1) is 0 Å². The van der Waals surface area contributed by atoms with Gasteiger partial charge in [0.2, 0.25) is 0 Å². The van der Waals surface area contributed by atoms with Crippen LogP contribution in [0, 0.1) is 12.3 Å². The second-order valence-electron chi connectivity index (χ2n) is 7.78. The monoisotopic (exact) mass is 325 g/mol. The van der Waals surface area contributed by atoms with E-state index in [1.165, 1.54) is 5.56 Å². The molecule has 0 aromatic heterocycles. The molecule has 0 aliphatic heterocycles. The van der Waals surface area contributed by atoms with Crippen LogP contribution in [0.1, 0.15) is 45.7 Å². The number of ether oxygens (including phenoxy) is 1. The van der Waals surface area contributed by atoms with Crippen molar-refractivity contribution < 1.29 is 9.53 Å². The quantitative estimate of drug-likeness (QED) is 0.759. The first kappa shape index (κ1) is 18.1. The van der Waals surface area contributed by atoms with E-state index in [-0.39, 0.29) is 10.8 Å². The van der Waals surface area contributed by atoms with Gasteiger partial charge < -0.3 is 4.74 Å². The zero-order valence-corrected chi connectivity index (χ0v) is 15.4. The summed E-state index contributed by atoms with van der Waals surface area (Å²) in [5.74, 6) is 0.536. The molecule has 3 nitrogen and oxygen atoms in total. The Hall–Kier alpha value is -2.29. The molecule has 2 aromatic rings. The normalized spacial score (nSPS) is 11.9. The number of amides is 1. The standard InChI is InChI=1S/C21H27NO2/c1-15-8-7-9-17(14-15)22-19(23)24-18-12-10-16(11-13-18)21(5,6)20(2,3)4/h7-14H,1-6H3,(H,22,23). The van der Waals surface area contributed by atoms with E-state index in [2.05, 4.69) is 39.9 Å². The Kier molecular flexibility index (Phi) is 5.02. The third kappa shape index (κ3) is 4.16. The van der Waals surface area contributed by atoms with Crippen molar-refractivity contribution in [2.75, 3.05) is 5.32 Å². The number of carbonyl (C=O) groups excluding carboxylic acids is 1. The van der Waals surface area contributed by atoms with Gasteiger partial charge >= 0.3 is 6.09 Å². The minimum Gasteiger partial charge on any atom is -0.410 e. The van der Waals surface area contributed by atoms with Crippen molar-refractivity contribution >= 4 is 11.8 Å². The molecule has 0 heterocycles. The van der Waals surface area contributed by atoms with E-state index in [0.717, 1.165) is 11.3 Å². The topological polar surface area (TPSA) is 38.3 Å². The molecule has 0 atom stereocenters. The van der Waals surface area contributed by atoms with Crippen molar-refractivity contribution in [3.05, 3.63) is 59.7 Å². The van der Waals surface area contributed by atoms with E-state index in [0.29, 0.717) is 5.75 Å². The van der Waals surface area contributed by atoms with E-state index in [1.54, 1.807) is 0 Å². The van der Waals surface area contributed by atoms with Gasteiger partial charge in [-0.3, -0.25) is 5.32 Å². The zero-order chi connectivity index (χ0) is 18.0. The molecule has 0 aliphatic rings.